The van der Waals surface area contributed by atoms with E-state index in [0.717, 1.165) is 6.54 Å². The van der Waals surface area contributed by atoms with Crippen LogP contribution >= 0.6 is 0 Å². The van der Waals surface area contributed by atoms with Gasteiger partial charge in [0.05, 0.1) is 0 Å². The second kappa shape index (κ2) is 11.3. The van der Waals surface area contributed by atoms with Crippen molar-refractivity contribution >= 4 is 18.9 Å². The van der Waals surface area contributed by atoms with Crippen molar-refractivity contribution < 1.29 is 0 Å². The molecule has 0 spiro atoms. The summed E-state index contributed by atoms with van der Waals surface area (Å²) in [4.78, 5) is 2.45. The van der Waals surface area contributed by atoms with E-state index in [-0.39, 0.29) is 18.9 Å². The maximum atomic E-state index is 3.67. The SMILES string of the molecule is [CH2]/C=C/CN(CCC)CCC.[LiH]. The van der Waals surface area contributed by atoms with Gasteiger partial charge in [-0.1, -0.05) is 26.0 Å². The van der Waals surface area contributed by atoms with Gasteiger partial charge >= 0.3 is 18.9 Å². The van der Waals surface area contributed by atoms with Gasteiger partial charge in [0.2, 0.25) is 0 Å². The number of nitrogens with zero attached hydrogens (tertiary/aromatic N) is 1. The molecule has 1 radical (unpaired) electrons. The molecule has 0 aromatic carbocycles. The van der Waals surface area contributed by atoms with Gasteiger partial charge in [0.15, 0.2) is 0 Å². The molecule has 0 rings (SSSR count). The first kappa shape index (κ1) is 14.8. The fourth-order valence-electron chi connectivity index (χ4n) is 1.15. The Bertz CT molecular complexity index is 96.0. The summed E-state index contributed by atoms with van der Waals surface area (Å²) in [6.07, 6.45) is 6.47. The molecule has 0 aliphatic heterocycles. The fraction of sp³-hybridized carbons (Fsp3) is 0.700. The van der Waals surface area contributed by atoms with Crippen LogP contribution in [-0.2, 0) is 0 Å². The van der Waals surface area contributed by atoms with Crippen molar-refractivity contribution in [2.45, 2.75) is 26.7 Å². The van der Waals surface area contributed by atoms with E-state index in [1.54, 1.807) is 0 Å². The van der Waals surface area contributed by atoms with Crippen LogP contribution in [0.5, 0.6) is 0 Å². The summed E-state index contributed by atoms with van der Waals surface area (Å²) in [7, 11) is 0. The zero-order valence-corrected chi connectivity index (χ0v) is 7.84. The first-order valence-corrected chi connectivity index (χ1v) is 4.51. The third-order valence-corrected chi connectivity index (χ3v) is 1.61. The van der Waals surface area contributed by atoms with E-state index in [1.165, 1.54) is 25.9 Å². The molecule has 2 heteroatoms. The van der Waals surface area contributed by atoms with Gasteiger partial charge in [-0.3, -0.25) is 4.90 Å². The van der Waals surface area contributed by atoms with Gasteiger partial charge in [0.25, 0.3) is 0 Å². The average Bonchev–Trinajstić information content (AvgIpc) is 2.01. The van der Waals surface area contributed by atoms with Gasteiger partial charge in [0, 0.05) is 6.54 Å². The van der Waals surface area contributed by atoms with Gasteiger partial charge in [-0.25, -0.2) is 0 Å². The monoisotopic (exact) mass is 162 g/mol. The Morgan fingerprint density at radius 3 is 2.00 bits per heavy atom. The van der Waals surface area contributed by atoms with Crippen LogP contribution in [0.25, 0.3) is 0 Å². The van der Waals surface area contributed by atoms with Crippen molar-refractivity contribution in [3.63, 3.8) is 0 Å². The summed E-state index contributed by atoms with van der Waals surface area (Å²) in [6.45, 7) is 11.6. The van der Waals surface area contributed by atoms with Crippen molar-refractivity contribution in [1.82, 2.24) is 4.90 Å². The Balaban J connectivity index is 0. The summed E-state index contributed by atoms with van der Waals surface area (Å²) >= 11 is 0. The van der Waals surface area contributed by atoms with E-state index >= 15 is 0 Å². The van der Waals surface area contributed by atoms with Crippen molar-refractivity contribution in [2.75, 3.05) is 19.6 Å². The van der Waals surface area contributed by atoms with Crippen LogP contribution < -0.4 is 0 Å². The zero-order chi connectivity index (χ0) is 8.53. The summed E-state index contributed by atoms with van der Waals surface area (Å²) in [5.41, 5.74) is 0. The molecule has 0 aliphatic rings. The second-order valence-electron chi connectivity index (χ2n) is 2.77. The van der Waals surface area contributed by atoms with E-state index in [0.29, 0.717) is 0 Å². The molecule has 67 valence electrons. The maximum absolute atomic E-state index is 3.67. The third kappa shape index (κ3) is 8.39. The van der Waals surface area contributed by atoms with Crippen LogP contribution in [0.4, 0.5) is 0 Å². The van der Waals surface area contributed by atoms with Crippen LogP contribution in [0, 0.1) is 6.92 Å². The van der Waals surface area contributed by atoms with E-state index in [2.05, 4.69) is 31.7 Å². The van der Waals surface area contributed by atoms with E-state index < -0.39 is 0 Å². The van der Waals surface area contributed by atoms with E-state index in [1.807, 2.05) is 6.08 Å². The number of hydrogen-bond acceptors (Lipinski definition) is 1. The summed E-state index contributed by atoms with van der Waals surface area (Å²) in [6, 6.07) is 0. The Morgan fingerprint density at radius 1 is 1.17 bits per heavy atom. The van der Waals surface area contributed by atoms with Crippen LogP contribution in [0.3, 0.4) is 0 Å². The zero-order valence-electron chi connectivity index (χ0n) is 7.84. The number of hydrogen-bond donors (Lipinski definition) is 0. The van der Waals surface area contributed by atoms with E-state index in [4.69, 9.17) is 0 Å². The van der Waals surface area contributed by atoms with Gasteiger partial charge in [-0.2, -0.15) is 0 Å². The topological polar surface area (TPSA) is 3.24 Å². The number of rotatable bonds is 6. The molecule has 0 fully saturated rings. The van der Waals surface area contributed by atoms with Crippen molar-refractivity contribution in [3.8, 4) is 0 Å². The molecule has 0 aromatic rings. The second-order valence-corrected chi connectivity index (χ2v) is 2.77. The van der Waals surface area contributed by atoms with Crippen LogP contribution in [0.15, 0.2) is 12.2 Å². The minimum absolute atomic E-state index is 0. The molecule has 0 saturated carbocycles. The molecule has 0 unspecified atom stereocenters. The first-order valence-electron chi connectivity index (χ1n) is 4.51. The van der Waals surface area contributed by atoms with Crippen molar-refractivity contribution in [1.29, 1.82) is 0 Å². The molecule has 0 aliphatic carbocycles. The van der Waals surface area contributed by atoms with Crippen LogP contribution in [-0.4, -0.2) is 43.4 Å². The third-order valence-electron chi connectivity index (χ3n) is 1.61. The molecule has 0 bridgehead atoms. The van der Waals surface area contributed by atoms with Crippen LogP contribution in [0.2, 0.25) is 0 Å². The van der Waals surface area contributed by atoms with Crippen molar-refractivity contribution in [2.24, 2.45) is 0 Å². The summed E-state index contributed by atoms with van der Waals surface area (Å²) < 4.78 is 0. The predicted octanol–water partition coefficient (Wildman–Crippen LogP) is 1.85. The Hall–Kier alpha value is 0.297. The average molecular weight is 162 g/mol. The Kier molecular flexibility index (Phi) is 13.9. The first-order chi connectivity index (χ1) is 5.35. The van der Waals surface area contributed by atoms with Crippen molar-refractivity contribution in [3.05, 3.63) is 19.1 Å². The molecule has 1 nitrogen and oxygen atoms in total. The fourth-order valence-corrected chi connectivity index (χ4v) is 1.15. The molecule has 0 atom stereocenters. The standard InChI is InChI=1S/C10H20N.Li.H/c1-4-7-10-11(8-5-2)9-6-3;;/h4,7H,1,5-6,8-10H2,2-3H3;;/b7-4+;;. The molecular formula is C10H21LiN. The molecule has 0 N–H and O–H groups in total. The molecule has 0 aromatic heterocycles. The minimum atomic E-state index is 0. The van der Waals surface area contributed by atoms with Crippen LogP contribution in [0.1, 0.15) is 26.7 Å². The molecule has 0 saturated heterocycles. The summed E-state index contributed by atoms with van der Waals surface area (Å²) in [5.74, 6) is 0. The van der Waals surface area contributed by atoms with Gasteiger partial charge < -0.3 is 0 Å². The number of allylic oxidation sites excluding steroid dienone is 1. The van der Waals surface area contributed by atoms with Gasteiger partial charge in [0.1, 0.15) is 0 Å². The normalized spacial score (nSPS) is 10.7. The van der Waals surface area contributed by atoms with E-state index in [9.17, 15) is 0 Å². The molecule has 0 amide bonds. The van der Waals surface area contributed by atoms with Gasteiger partial charge in [-0.15, -0.1) is 0 Å². The Morgan fingerprint density at radius 2 is 1.67 bits per heavy atom. The molecule has 0 heterocycles. The Labute approximate surface area is 89.4 Å². The quantitative estimate of drug-likeness (QED) is 0.539. The predicted molar refractivity (Wildman–Crippen MR) is 58.7 cm³/mol. The summed E-state index contributed by atoms with van der Waals surface area (Å²) in [5, 5.41) is 0. The molecule has 12 heavy (non-hydrogen) atoms. The molecular weight excluding hydrogens is 141 g/mol. The van der Waals surface area contributed by atoms with Gasteiger partial charge in [-0.05, 0) is 32.9 Å².